The van der Waals surface area contributed by atoms with Crippen LogP contribution in [0.3, 0.4) is 0 Å². The van der Waals surface area contributed by atoms with Crippen LogP contribution in [0.1, 0.15) is 37.3 Å². The molecule has 1 fully saturated rings. The number of carbonyl (C=O) groups excluding carboxylic acids is 1. The molecule has 1 aromatic carbocycles. The molecule has 3 nitrogen and oxygen atoms in total. The number of halogens is 1. The van der Waals surface area contributed by atoms with E-state index in [2.05, 4.69) is 53.0 Å². The fourth-order valence-corrected chi connectivity index (χ4v) is 5.01. The molecule has 116 valence electrons. The van der Waals surface area contributed by atoms with Gasteiger partial charge < -0.3 is 4.90 Å². The van der Waals surface area contributed by atoms with Crippen molar-refractivity contribution in [3.8, 4) is 0 Å². The summed E-state index contributed by atoms with van der Waals surface area (Å²) in [4.78, 5) is 16.4. The summed E-state index contributed by atoms with van der Waals surface area (Å²) in [6.45, 7) is 5.96. The van der Waals surface area contributed by atoms with Gasteiger partial charge in [-0.2, -0.15) is 0 Å². The van der Waals surface area contributed by atoms with Crippen molar-refractivity contribution in [1.82, 2.24) is 4.90 Å². The zero-order valence-corrected chi connectivity index (χ0v) is 14.9. The van der Waals surface area contributed by atoms with Crippen LogP contribution in [0.5, 0.6) is 0 Å². The van der Waals surface area contributed by atoms with Crippen molar-refractivity contribution >= 4 is 33.6 Å². The van der Waals surface area contributed by atoms with Crippen molar-refractivity contribution in [3.63, 3.8) is 0 Å². The number of likely N-dealkylation sites (tertiary alicyclic amines) is 1. The first-order valence-electron chi connectivity index (χ1n) is 7.99. The average Bonchev–Trinajstić information content (AvgIpc) is 2.87. The fourth-order valence-electron chi connectivity index (χ4n) is 4.55. The SMILES string of the molecule is CC(=O)N1C[C@H]2C[C@@H]3C(=Cc4c(Br)ccc1c42)[C@@H](C)CN3C. The van der Waals surface area contributed by atoms with Crippen molar-refractivity contribution in [1.29, 1.82) is 0 Å². The van der Waals surface area contributed by atoms with Crippen LogP contribution in [0.15, 0.2) is 22.2 Å². The third kappa shape index (κ3) is 1.93. The Bertz CT molecular complexity index is 697. The number of hydrogen-bond acceptors (Lipinski definition) is 2. The maximum absolute atomic E-state index is 12.0. The monoisotopic (exact) mass is 360 g/mol. The first-order chi connectivity index (χ1) is 10.5. The van der Waals surface area contributed by atoms with Crippen molar-refractivity contribution in [2.24, 2.45) is 5.92 Å². The lowest BCUT2D eigenvalue weighted by Gasteiger charge is -2.23. The topological polar surface area (TPSA) is 23.6 Å². The average molecular weight is 361 g/mol. The fraction of sp³-hybridized carbons (Fsp3) is 0.500. The van der Waals surface area contributed by atoms with Gasteiger partial charge in [0.05, 0.1) is 0 Å². The second kappa shape index (κ2) is 4.93. The van der Waals surface area contributed by atoms with Crippen molar-refractivity contribution in [2.45, 2.75) is 32.2 Å². The summed E-state index contributed by atoms with van der Waals surface area (Å²) in [6, 6.07) is 4.70. The summed E-state index contributed by atoms with van der Waals surface area (Å²) in [5.74, 6) is 1.20. The molecule has 4 heteroatoms. The molecule has 3 aliphatic rings. The van der Waals surface area contributed by atoms with Gasteiger partial charge in [-0.05, 0) is 48.2 Å². The summed E-state index contributed by atoms with van der Waals surface area (Å²) >= 11 is 3.73. The number of fused-ring (bicyclic) bond motifs is 1. The molecule has 0 bridgehead atoms. The van der Waals surface area contributed by atoms with Gasteiger partial charge in [-0.1, -0.05) is 28.9 Å². The van der Waals surface area contributed by atoms with E-state index in [-0.39, 0.29) is 5.91 Å². The number of nitrogens with zero attached hydrogens (tertiary/aromatic N) is 2. The Labute approximate surface area is 140 Å². The number of anilines is 1. The molecule has 1 saturated heterocycles. The molecule has 3 atom stereocenters. The Hall–Kier alpha value is -1.13. The molecule has 0 unspecified atom stereocenters. The predicted octanol–water partition coefficient (Wildman–Crippen LogP) is 3.64. The number of rotatable bonds is 0. The molecule has 2 heterocycles. The maximum atomic E-state index is 12.0. The number of likely N-dealkylation sites (N-methyl/N-ethyl adjacent to an activating group) is 1. The number of hydrogen-bond donors (Lipinski definition) is 0. The predicted molar refractivity (Wildman–Crippen MR) is 93.1 cm³/mol. The lowest BCUT2D eigenvalue weighted by molar-refractivity contribution is -0.116. The van der Waals surface area contributed by atoms with Crippen LogP contribution in [0.25, 0.3) is 6.08 Å². The standard InChI is InChI=1S/C18H21BrN2O/c1-10-8-20(3)17-6-12-9-21(11(2)22)16-5-4-15(19)14(18(12)16)7-13(10)17/h4-5,7,10,12,17H,6,8-9H2,1-3H3/t10-,12+,17+/m0/s1. The molecular weight excluding hydrogens is 340 g/mol. The van der Waals surface area contributed by atoms with Gasteiger partial charge in [0, 0.05) is 42.1 Å². The van der Waals surface area contributed by atoms with Crippen LogP contribution in [0, 0.1) is 5.92 Å². The second-order valence-corrected chi connectivity index (χ2v) is 7.81. The Morgan fingerprint density at radius 2 is 2.09 bits per heavy atom. The highest BCUT2D eigenvalue weighted by Crippen LogP contribution is 2.49. The van der Waals surface area contributed by atoms with Crippen LogP contribution in [-0.4, -0.2) is 37.0 Å². The summed E-state index contributed by atoms with van der Waals surface area (Å²) in [5, 5.41) is 0. The lowest BCUT2D eigenvalue weighted by atomic mass is 9.92. The molecule has 1 aromatic rings. The van der Waals surface area contributed by atoms with Crippen LogP contribution >= 0.6 is 15.9 Å². The zero-order valence-electron chi connectivity index (χ0n) is 13.3. The zero-order chi connectivity index (χ0) is 15.6. The lowest BCUT2D eigenvalue weighted by Crippen LogP contribution is -2.31. The highest BCUT2D eigenvalue weighted by Gasteiger charge is 2.41. The quantitative estimate of drug-likeness (QED) is 0.705. The second-order valence-electron chi connectivity index (χ2n) is 6.96. The van der Waals surface area contributed by atoms with Gasteiger partial charge in [-0.25, -0.2) is 0 Å². The Balaban J connectivity index is 1.92. The molecule has 0 saturated carbocycles. The number of carbonyl (C=O) groups is 1. The molecule has 0 radical (unpaired) electrons. The number of benzene rings is 1. The first-order valence-corrected chi connectivity index (χ1v) is 8.79. The van der Waals surface area contributed by atoms with Gasteiger partial charge in [0.2, 0.25) is 5.91 Å². The van der Waals surface area contributed by atoms with E-state index in [1.54, 1.807) is 12.5 Å². The van der Waals surface area contributed by atoms with Crippen LogP contribution in [0.4, 0.5) is 5.69 Å². The summed E-state index contributed by atoms with van der Waals surface area (Å²) in [6.07, 6.45) is 3.51. The van der Waals surface area contributed by atoms with Gasteiger partial charge in [0.15, 0.2) is 0 Å². The maximum Gasteiger partial charge on any atom is 0.223 e. The largest absolute Gasteiger partial charge is 0.312 e. The molecule has 0 spiro atoms. The van der Waals surface area contributed by atoms with E-state index in [4.69, 9.17) is 0 Å². The molecule has 1 aliphatic carbocycles. The van der Waals surface area contributed by atoms with Gasteiger partial charge in [0.1, 0.15) is 0 Å². The van der Waals surface area contributed by atoms with Crippen molar-refractivity contribution in [2.75, 3.05) is 25.0 Å². The van der Waals surface area contributed by atoms with E-state index in [0.717, 1.165) is 29.7 Å². The minimum atomic E-state index is 0.148. The Morgan fingerprint density at radius 1 is 1.32 bits per heavy atom. The molecule has 22 heavy (non-hydrogen) atoms. The summed E-state index contributed by atoms with van der Waals surface area (Å²) in [5.41, 5.74) is 5.33. The van der Waals surface area contributed by atoms with E-state index < -0.39 is 0 Å². The molecule has 2 aliphatic heterocycles. The number of amides is 1. The van der Waals surface area contributed by atoms with Crippen LogP contribution in [0.2, 0.25) is 0 Å². The van der Waals surface area contributed by atoms with Gasteiger partial charge in [-0.3, -0.25) is 9.69 Å². The van der Waals surface area contributed by atoms with Gasteiger partial charge >= 0.3 is 0 Å². The van der Waals surface area contributed by atoms with Gasteiger partial charge in [-0.15, -0.1) is 0 Å². The van der Waals surface area contributed by atoms with E-state index in [0.29, 0.717) is 17.9 Å². The minimum Gasteiger partial charge on any atom is -0.312 e. The van der Waals surface area contributed by atoms with Crippen molar-refractivity contribution in [3.05, 3.63) is 33.3 Å². The van der Waals surface area contributed by atoms with E-state index in [1.807, 2.05) is 4.90 Å². The third-order valence-corrected chi connectivity index (χ3v) is 6.25. The van der Waals surface area contributed by atoms with Crippen molar-refractivity contribution < 1.29 is 4.79 Å². The van der Waals surface area contributed by atoms with E-state index in [1.165, 1.54) is 11.1 Å². The molecule has 4 rings (SSSR count). The van der Waals surface area contributed by atoms with Crippen LogP contribution in [-0.2, 0) is 4.79 Å². The van der Waals surface area contributed by atoms with Gasteiger partial charge in [0.25, 0.3) is 0 Å². The highest BCUT2D eigenvalue weighted by molar-refractivity contribution is 9.10. The smallest absolute Gasteiger partial charge is 0.223 e. The summed E-state index contributed by atoms with van der Waals surface area (Å²) < 4.78 is 1.15. The molecular formula is C18H21BrN2O. The molecule has 1 amide bonds. The molecule has 0 aromatic heterocycles. The van der Waals surface area contributed by atoms with E-state index in [9.17, 15) is 4.79 Å². The minimum absolute atomic E-state index is 0.148. The normalized spacial score (nSPS) is 29.9. The van der Waals surface area contributed by atoms with E-state index >= 15 is 0 Å². The van der Waals surface area contributed by atoms with Crippen LogP contribution < -0.4 is 4.90 Å². The Morgan fingerprint density at radius 3 is 2.82 bits per heavy atom. The highest BCUT2D eigenvalue weighted by atomic mass is 79.9. The summed E-state index contributed by atoms with van der Waals surface area (Å²) in [7, 11) is 2.23. The Kier molecular flexibility index (Phi) is 3.24. The first kappa shape index (κ1) is 14.5. The molecule has 0 N–H and O–H groups in total. The third-order valence-electron chi connectivity index (χ3n) is 5.56.